The van der Waals surface area contributed by atoms with E-state index in [4.69, 9.17) is 4.74 Å². The number of aryl methyl sites for hydroxylation is 1. The normalized spacial score (nSPS) is 10.7. The third-order valence-corrected chi connectivity index (χ3v) is 5.87. The minimum absolute atomic E-state index is 0.00142. The van der Waals surface area contributed by atoms with Crippen LogP contribution in [-0.2, 0) is 11.3 Å². The van der Waals surface area contributed by atoms with Crippen LogP contribution in [0.25, 0.3) is 10.8 Å². The molecule has 1 heterocycles. The topological polar surface area (TPSA) is 107 Å². The van der Waals surface area contributed by atoms with Crippen molar-refractivity contribution in [2.75, 3.05) is 11.9 Å². The number of carbonyl (C=O) groups excluding carboxylic acids is 3. The van der Waals surface area contributed by atoms with Crippen molar-refractivity contribution in [1.82, 2.24) is 9.78 Å². The zero-order valence-electron chi connectivity index (χ0n) is 20.5. The standard InChI is InChI=1S/C29H27N3O5/c1-2-3-9-18-32-28(35)24-13-8-7-12-23(24)26(31-32)29(36)37-19-25(33)20-14-16-22(17-15-20)30-27(34)21-10-5-4-6-11-21/h4-8,10-17H,2-3,9,18-19H2,1H3,(H,30,34). The Labute approximate surface area is 213 Å². The number of hydrogen-bond donors (Lipinski definition) is 1. The first kappa shape index (κ1) is 25.5. The maximum atomic E-state index is 12.9. The van der Waals surface area contributed by atoms with E-state index in [1.54, 1.807) is 72.8 Å². The Bertz CT molecular complexity index is 1480. The van der Waals surface area contributed by atoms with Gasteiger partial charge in [0.25, 0.3) is 11.5 Å². The molecule has 0 atom stereocenters. The van der Waals surface area contributed by atoms with Gasteiger partial charge in [-0.15, -0.1) is 0 Å². The highest BCUT2D eigenvalue weighted by molar-refractivity contribution is 6.05. The van der Waals surface area contributed by atoms with Crippen molar-refractivity contribution >= 4 is 34.1 Å². The number of carbonyl (C=O) groups is 3. The minimum Gasteiger partial charge on any atom is -0.452 e. The summed E-state index contributed by atoms with van der Waals surface area (Å²) in [5, 5.41) is 7.79. The van der Waals surface area contributed by atoms with Crippen LogP contribution in [0.2, 0.25) is 0 Å². The smallest absolute Gasteiger partial charge is 0.359 e. The van der Waals surface area contributed by atoms with Crippen LogP contribution in [-0.4, -0.2) is 34.0 Å². The average molecular weight is 498 g/mol. The molecule has 0 aliphatic heterocycles. The third-order valence-electron chi connectivity index (χ3n) is 5.87. The maximum absolute atomic E-state index is 12.9. The number of benzene rings is 3. The number of amides is 1. The predicted molar refractivity (Wildman–Crippen MR) is 141 cm³/mol. The van der Waals surface area contributed by atoms with Crippen molar-refractivity contribution < 1.29 is 19.1 Å². The molecule has 0 bridgehead atoms. The number of nitrogens with one attached hydrogen (secondary N) is 1. The van der Waals surface area contributed by atoms with E-state index < -0.39 is 18.4 Å². The second kappa shape index (κ2) is 11.9. The second-order valence-electron chi connectivity index (χ2n) is 8.53. The largest absolute Gasteiger partial charge is 0.452 e. The van der Waals surface area contributed by atoms with Crippen LogP contribution < -0.4 is 10.9 Å². The summed E-state index contributed by atoms with van der Waals surface area (Å²) in [6.07, 6.45) is 2.68. The van der Waals surface area contributed by atoms with E-state index in [1.165, 1.54) is 4.68 Å². The zero-order valence-corrected chi connectivity index (χ0v) is 20.5. The Balaban J connectivity index is 1.43. The fourth-order valence-electron chi connectivity index (χ4n) is 3.86. The Morgan fingerprint density at radius 3 is 2.22 bits per heavy atom. The number of nitrogens with zero attached hydrogens (tertiary/aromatic N) is 2. The Kier molecular flexibility index (Phi) is 8.20. The molecule has 1 amide bonds. The first-order valence-electron chi connectivity index (χ1n) is 12.1. The van der Waals surface area contributed by atoms with Gasteiger partial charge in [-0.05, 0) is 48.9 Å². The van der Waals surface area contributed by atoms with E-state index in [9.17, 15) is 19.2 Å². The molecular weight excluding hydrogens is 470 g/mol. The number of ketones is 1. The lowest BCUT2D eigenvalue weighted by Gasteiger charge is -2.11. The molecule has 0 saturated heterocycles. The molecule has 0 radical (unpaired) electrons. The number of hydrogen-bond acceptors (Lipinski definition) is 6. The summed E-state index contributed by atoms with van der Waals surface area (Å²) < 4.78 is 6.58. The molecule has 4 rings (SSSR count). The molecule has 188 valence electrons. The SMILES string of the molecule is CCCCCn1nc(C(=O)OCC(=O)c2ccc(NC(=O)c3ccccc3)cc2)c2ccccc2c1=O. The lowest BCUT2D eigenvalue weighted by atomic mass is 10.1. The zero-order chi connectivity index (χ0) is 26.2. The van der Waals surface area contributed by atoms with Gasteiger partial charge in [0.1, 0.15) is 0 Å². The van der Waals surface area contributed by atoms with Gasteiger partial charge in [-0.2, -0.15) is 5.10 Å². The molecule has 3 aromatic carbocycles. The van der Waals surface area contributed by atoms with E-state index in [0.717, 1.165) is 19.3 Å². The summed E-state index contributed by atoms with van der Waals surface area (Å²) in [6.45, 7) is 1.97. The number of unbranched alkanes of at least 4 members (excludes halogenated alkanes) is 2. The highest BCUT2D eigenvalue weighted by Crippen LogP contribution is 2.16. The van der Waals surface area contributed by atoms with Gasteiger partial charge in [0.2, 0.25) is 0 Å². The fourth-order valence-corrected chi connectivity index (χ4v) is 3.86. The highest BCUT2D eigenvalue weighted by Gasteiger charge is 2.19. The number of Topliss-reactive ketones (excluding diaryl/α,β-unsaturated/α-hetero) is 1. The van der Waals surface area contributed by atoms with Crippen LogP contribution in [0.1, 0.15) is 57.4 Å². The monoisotopic (exact) mass is 497 g/mol. The van der Waals surface area contributed by atoms with E-state index >= 15 is 0 Å². The molecule has 0 spiro atoms. The van der Waals surface area contributed by atoms with Crippen molar-refractivity contribution in [1.29, 1.82) is 0 Å². The van der Waals surface area contributed by atoms with Gasteiger partial charge in [-0.25, -0.2) is 9.48 Å². The number of rotatable bonds is 10. The summed E-state index contributed by atoms with van der Waals surface area (Å²) in [6, 6.07) is 21.8. The number of aromatic nitrogens is 2. The Morgan fingerprint density at radius 1 is 0.838 bits per heavy atom. The first-order chi connectivity index (χ1) is 18.0. The molecule has 0 aliphatic carbocycles. The van der Waals surface area contributed by atoms with Gasteiger partial charge in [0.15, 0.2) is 18.1 Å². The van der Waals surface area contributed by atoms with Crippen LogP contribution >= 0.6 is 0 Å². The molecule has 37 heavy (non-hydrogen) atoms. The van der Waals surface area contributed by atoms with E-state index in [2.05, 4.69) is 17.3 Å². The molecule has 4 aromatic rings. The summed E-state index contributed by atoms with van der Waals surface area (Å²) in [5.74, 6) is -1.44. The summed E-state index contributed by atoms with van der Waals surface area (Å²) >= 11 is 0. The Morgan fingerprint density at radius 2 is 1.51 bits per heavy atom. The molecule has 8 nitrogen and oxygen atoms in total. The van der Waals surface area contributed by atoms with Crippen LogP contribution in [0, 0.1) is 0 Å². The second-order valence-corrected chi connectivity index (χ2v) is 8.53. The molecule has 0 unspecified atom stereocenters. The highest BCUT2D eigenvalue weighted by atomic mass is 16.5. The lowest BCUT2D eigenvalue weighted by molar-refractivity contribution is 0.0468. The van der Waals surface area contributed by atoms with Gasteiger partial charge in [-0.1, -0.05) is 56.2 Å². The summed E-state index contributed by atoms with van der Waals surface area (Å²) in [4.78, 5) is 50.6. The van der Waals surface area contributed by atoms with Crippen molar-refractivity contribution in [3.63, 3.8) is 0 Å². The van der Waals surface area contributed by atoms with Crippen LogP contribution in [0.15, 0.2) is 83.7 Å². The number of anilines is 1. The molecule has 0 fully saturated rings. The van der Waals surface area contributed by atoms with Gasteiger partial charge in [0, 0.05) is 28.7 Å². The molecule has 0 aliphatic rings. The molecule has 1 aromatic heterocycles. The van der Waals surface area contributed by atoms with Crippen molar-refractivity contribution in [2.45, 2.75) is 32.7 Å². The van der Waals surface area contributed by atoms with Gasteiger partial charge in [0.05, 0.1) is 5.39 Å². The van der Waals surface area contributed by atoms with Crippen LogP contribution in [0.5, 0.6) is 0 Å². The number of esters is 1. The van der Waals surface area contributed by atoms with Crippen molar-refractivity contribution in [3.8, 4) is 0 Å². The first-order valence-corrected chi connectivity index (χ1v) is 12.1. The minimum atomic E-state index is -0.777. The molecular formula is C29H27N3O5. The number of fused-ring (bicyclic) bond motifs is 1. The quantitative estimate of drug-likeness (QED) is 0.190. The average Bonchev–Trinajstić information content (AvgIpc) is 2.94. The van der Waals surface area contributed by atoms with Gasteiger partial charge >= 0.3 is 5.97 Å². The number of ether oxygens (including phenoxy) is 1. The lowest BCUT2D eigenvalue weighted by Crippen LogP contribution is -2.27. The van der Waals surface area contributed by atoms with Crippen molar-refractivity contribution in [3.05, 3.63) is 106 Å². The van der Waals surface area contributed by atoms with Crippen LogP contribution in [0.4, 0.5) is 5.69 Å². The van der Waals surface area contributed by atoms with E-state index in [-0.39, 0.29) is 17.2 Å². The Hall–Kier alpha value is -4.59. The maximum Gasteiger partial charge on any atom is 0.359 e. The molecule has 8 heteroatoms. The fraction of sp³-hybridized carbons (Fsp3) is 0.207. The summed E-state index contributed by atoms with van der Waals surface area (Å²) in [7, 11) is 0. The van der Waals surface area contributed by atoms with E-state index in [0.29, 0.717) is 34.1 Å². The van der Waals surface area contributed by atoms with E-state index in [1.807, 2.05) is 6.07 Å². The molecule has 0 saturated carbocycles. The van der Waals surface area contributed by atoms with Gasteiger partial charge in [-0.3, -0.25) is 14.4 Å². The predicted octanol–water partition coefficient (Wildman–Crippen LogP) is 4.88. The third kappa shape index (κ3) is 6.16. The molecule has 1 N–H and O–H groups in total. The summed E-state index contributed by atoms with van der Waals surface area (Å²) in [5.41, 5.74) is 1.11. The van der Waals surface area contributed by atoms with Gasteiger partial charge < -0.3 is 10.1 Å². The van der Waals surface area contributed by atoms with Crippen molar-refractivity contribution in [2.24, 2.45) is 0 Å². The van der Waals surface area contributed by atoms with Crippen LogP contribution in [0.3, 0.4) is 0 Å².